The third-order valence-corrected chi connectivity index (χ3v) is 7.68. The monoisotopic (exact) mass is 422 g/mol. The molecule has 148 valence electrons. The van der Waals surface area contributed by atoms with Crippen molar-refractivity contribution in [2.45, 2.75) is 17.7 Å². The normalized spacial score (nSPS) is 13.9. The molecule has 4 rings (SSSR count). The molecular formula is C23H22N2O2S2. The molecule has 3 aromatic rings. The molecule has 1 saturated heterocycles. The van der Waals surface area contributed by atoms with E-state index in [0.717, 1.165) is 16.9 Å². The summed E-state index contributed by atoms with van der Waals surface area (Å²) in [5.74, 6) is 3.14. The fraction of sp³-hybridized carbons (Fsp3) is 0.217. The summed E-state index contributed by atoms with van der Waals surface area (Å²) in [5, 5.41) is 2.98. The van der Waals surface area contributed by atoms with Gasteiger partial charge in [-0.15, -0.1) is 23.5 Å². The predicted octanol–water partition coefficient (Wildman–Crippen LogP) is 5.07. The van der Waals surface area contributed by atoms with Gasteiger partial charge in [0, 0.05) is 41.6 Å². The van der Waals surface area contributed by atoms with Gasteiger partial charge >= 0.3 is 0 Å². The van der Waals surface area contributed by atoms with Gasteiger partial charge < -0.3 is 10.1 Å². The Balaban J connectivity index is 1.26. The highest BCUT2D eigenvalue weighted by molar-refractivity contribution is 8.19. The molecule has 0 saturated carbocycles. The van der Waals surface area contributed by atoms with E-state index in [1.54, 1.807) is 12.4 Å². The molecule has 1 aliphatic rings. The molecule has 1 fully saturated rings. The summed E-state index contributed by atoms with van der Waals surface area (Å²) in [7, 11) is 0. The Kier molecular flexibility index (Phi) is 6.75. The molecule has 2 aromatic carbocycles. The molecule has 0 bridgehead atoms. The van der Waals surface area contributed by atoms with Crippen molar-refractivity contribution in [1.82, 2.24) is 10.3 Å². The lowest BCUT2D eigenvalue weighted by Crippen LogP contribution is -2.22. The van der Waals surface area contributed by atoms with Gasteiger partial charge in [-0.3, -0.25) is 9.78 Å². The molecule has 0 spiro atoms. The van der Waals surface area contributed by atoms with Crippen LogP contribution in [-0.2, 0) is 13.2 Å². The van der Waals surface area contributed by atoms with Crippen LogP contribution in [0.1, 0.15) is 31.6 Å². The first-order chi connectivity index (χ1) is 14.3. The van der Waals surface area contributed by atoms with Crippen molar-refractivity contribution in [2.75, 3.05) is 11.5 Å². The van der Waals surface area contributed by atoms with Gasteiger partial charge in [0.2, 0.25) is 0 Å². The van der Waals surface area contributed by atoms with Gasteiger partial charge in [0.25, 0.3) is 5.91 Å². The number of nitrogens with zero attached hydrogens (tertiary/aromatic N) is 1. The van der Waals surface area contributed by atoms with Crippen molar-refractivity contribution in [2.24, 2.45) is 0 Å². The van der Waals surface area contributed by atoms with Crippen LogP contribution < -0.4 is 10.1 Å². The number of benzene rings is 2. The SMILES string of the molecule is O=C(NCc1ccc(OCc2cccnc2)cc1)c1ccc(C2SCCS2)cc1. The largest absolute Gasteiger partial charge is 0.489 e. The third-order valence-electron chi connectivity index (χ3n) is 4.57. The second-order valence-corrected chi connectivity index (χ2v) is 9.40. The molecular weight excluding hydrogens is 400 g/mol. The maximum Gasteiger partial charge on any atom is 0.251 e. The summed E-state index contributed by atoms with van der Waals surface area (Å²) < 4.78 is 6.27. The van der Waals surface area contributed by atoms with Crippen molar-refractivity contribution in [3.05, 3.63) is 95.3 Å². The number of nitrogens with one attached hydrogen (secondary N) is 1. The predicted molar refractivity (Wildman–Crippen MR) is 120 cm³/mol. The number of thioether (sulfide) groups is 2. The summed E-state index contributed by atoms with van der Waals surface area (Å²) in [6.45, 7) is 0.968. The zero-order valence-corrected chi connectivity index (χ0v) is 17.5. The van der Waals surface area contributed by atoms with Gasteiger partial charge in [0.05, 0.1) is 4.58 Å². The van der Waals surface area contributed by atoms with Crippen LogP contribution in [-0.4, -0.2) is 22.4 Å². The summed E-state index contributed by atoms with van der Waals surface area (Å²) in [4.78, 5) is 16.5. The molecule has 1 N–H and O–H groups in total. The van der Waals surface area contributed by atoms with Crippen LogP contribution in [0.2, 0.25) is 0 Å². The van der Waals surface area contributed by atoms with Gasteiger partial charge in [-0.25, -0.2) is 0 Å². The standard InChI is InChI=1S/C23H22N2O2S2/c26-22(19-5-7-20(8-6-19)23-28-12-13-29-23)25-15-17-3-9-21(10-4-17)27-16-18-2-1-11-24-14-18/h1-11,14,23H,12-13,15-16H2,(H,25,26). The maximum atomic E-state index is 12.4. The van der Waals surface area contributed by atoms with E-state index in [4.69, 9.17) is 4.74 Å². The van der Waals surface area contributed by atoms with Crippen LogP contribution in [0.3, 0.4) is 0 Å². The molecule has 2 heterocycles. The molecule has 29 heavy (non-hydrogen) atoms. The minimum absolute atomic E-state index is 0.0554. The van der Waals surface area contributed by atoms with E-state index in [0.29, 0.717) is 23.3 Å². The number of amides is 1. The van der Waals surface area contributed by atoms with E-state index in [1.807, 2.05) is 72.1 Å². The first kappa shape index (κ1) is 19.9. The van der Waals surface area contributed by atoms with Gasteiger partial charge in [-0.2, -0.15) is 0 Å². The topological polar surface area (TPSA) is 51.2 Å². The van der Waals surface area contributed by atoms with E-state index in [2.05, 4.69) is 22.4 Å². The van der Waals surface area contributed by atoms with E-state index in [1.165, 1.54) is 17.1 Å². The quantitative estimate of drug-likeness (QED) is 0.576. The van der Waals surface area contributed by atoms with Crippen LogP contribution in [0.15, 0.2) is 73.1 Å². The Labute approximate surface area is 179 Å². The Morgan fingerprint density at radius 1 is 1.00 bits per heavy atom. The lowest BCUT2D eigenvalue weighted by atomic mass is 10.1. The van der Waals surface area contributed by atoms with E-state index < -0.39 is 0 Å². The number of aromatic nitrogens is 1. The highest BCUT2D eigenvalue weighted by Crippen LogP contribution is 2.45. The van der Waals surface area contributed by atoms with Crippen molar-refractivity contribution in [3.8, 4) is 5.75 Å². The van der Waals surface area contributed by atoms with Gasteiger partial charge in [-0.05, 0) is 41.5 Å². The fourth-order valence-electron chi connectivity index (χ4n) is 2.98. The zero-order chi connectivity index (χ0) is 19.9. The van der Waals surface area contributed by atoms with Crippen LogP contribution in [0, 0.1) is 0 Å². The van der Waals surface area contributed by atoms with Crippen LogP contribution in [0.25, 0.3) is 0 Å². The minimum Gasteiger partial charge on any atom is -0.489 e. The zero-order valence-electron chi connectivity index (χ0n) is 15.9. The minimum atomic E-state index is -0.0554. The van der Waals surface area contributed by atoms with Crippen molar-refractivity contribution in [1.29, 1.82) is 0 Å². The van der Waals surface area contributed by atoms with Crippen molar-refractivity contribution >= 4 is 29.4 Å². The second kappa shape index (κ2) is 9.85. The van der Waals surface area contributed by atoms with Gasteiger partial charge in [-0.1, -0.05) is 30.3 Å². The summed E-state index contributed by atoms with van der Waals surface area (Å²) in [6.07, 6.45) is 3.54. The molecule has 0 radical (unpaired) electrons. The van der Waals surface area contributed by atoms with Crippen molar-refractivity contribution in [3.63, 3.8) is 0 Å². The lowest BCUT2D eigenvalue weighted by molar-refractivity contribution is 0.0951. The van der Waals surface area contributed by atoms with Gasteiger partial charge in [0.1, 0.15) is 12.4 Å². The lowest BCUT2D eigenvalue weighted by Gasteiger charge is -2.10. The molecule has 0 aliphatic carbocycles. The second-order valence-electron chi connectivity index (χ2n) is 6.67. The van der Waals surface area contributed by atoms with Crippen molar-refractivity contribution < 1.29 is 9.53 Å². The first-order valence-corrected chi connectivity index (χ1v) is 11.6. The Bertz CT molecular complexity index is 925. The molecule has 0 atom stereocenters. The third kappa shape index (κ3) is 5.55. The summed E-state index contributed by atoms with van der Waals surface area (Å²) >= 11 is 3.94. The number of hydrogen-bond acceptors (Lipinski definition) is 5. The maximum absolute atomic E-state index is 12.4. The molecule has 1 amide bonds. The molecule has 1 aromatic heterocycles. The molecule has 4 nitrogen and oxygen atoms in total. The number of pyridine rings is 1. The smallest absolute Gasteiger partial charge is 0.251 e. The van der Waals surface area contributed by atoms with E-state index >= 15 is 0 Å². The van der Waals surface area contributed by atoms with Crippen LogP contribution in [0.5, 0.6) is 5.75 Å². The number of carbonyl (C=O) groups is 1. The van der Waals surface area contributed by atoms with Crippen LogP contribution >= 0.6 is 23.5 Å². The highest BCUT2D eigenvalue weighted by Gasteiger charge is 2.18. The number of ether oxygens (including phenoxy) is 1. The molecule has 6 heteroatoms. The number of rotatable bonds is 7. The van der Waals surface area contributed by atoms with Gasteiger partial charge in [0.15, 0.2) is 0 Å². The highest BCUT2D eigenvalue weighted by atomic mass is 32.2. The van der Waals surface area contributed by atoms with E-state index in [-0.39, 0.29) is 5.91 Å². The average Bonchev–Trinajstić information content (AvgIpc) is 3.33. The summed E-state index contributed by atoms with van der Waals surface area (Å²) in [6, 6.07) is 19.6. The molecule has 0 unspecified atom stereocenters. The van der Waals surface area contributed by atoms with Crippen LogP contribution in [0.4, 0.5) is 0 Å². The fourth-order valence-corrected chi connectivity index (χ4v) is 5.84. The number of hydrogen-bond donors (Lipinski definition) is 1. The van der Waals surface area contributed by atoms with E-state index in [9.17, 15) is 4.79 Å². The summed E-state index contributed by atoms with van der Waals surface area (Å²) in [5.41, 5.74) is 4.04. The first-order valence-electron chi connectivity index (χ1n) is 9.50. The number of carbonyl (C=O) groups excluding carboxylic acids is 1. The molecule has 1 aliphatic heterocycles. The Morgan fingerprint density at radius 3 is 2.45 bits per heavy atom. The Morgan fingerprint density at radius 2 is 1.76 bits per heavy atom. The average molecular weight is 423 g/mol. The Hall–Kier alpha value is -2.44.